The van der Waals surface area contributed by atoms with Crippen LogP contribution in [0, 0.1) is 5.92 Å². The fraction of sp³-hybridized carbons (Fsp3) is 0.316. The molecule has 5 nitrogen and oxygen atoms in total. The fourth-order valence-electron chi connectivity index (χ4n) is 3.68. The third-order valence-corrected chi connectivity index (χ3v) is 7.08. The van der Waals surface area contributed by atoms with Gasteiger partial charge in [-0.15, -0.1) is 0 Å². The summed E-state index contributed by atoms with van der Waals surface area (Å²) in [6, 6.07) is 13.8. The molecule has 1 aromatic carbocycles. The van der Waals surface area contributed by atoms with Crippen molar-refractivity contribution in [3.05, 3.63) is 60.4 Å². The van der Waals surface area contributed by atoms with E-state index in [4.69, 9.17) is 0 Å². The van der Waals surface area contributed by atoms with E-state index in [1.54, 1.807) is 28.8 Å². The van der Waals surface area contributed by atoms with Crippen LogP contribution >= 0.6 is 0 Å². The number of nitrogens with one attached hydrogen (secondary N) is 1. The monoisotopic (exact) mass is 355 g/mol. The Balaban J connectivity index is 1.69. The van der Waals surface area contributed by atoms with E-state index in [9.17, 15) is 8.42 Å². The number of hydrogen-bond donors (Lipinski definition) is 1. The molecule has 0 radical (unpaired) electrons. The van der Waals surface area contributed by atoms with Crippen LogP contribution in [0.15, 0.2) is 59.8 Å². The molecule has 2 atom stereocenters. The highest BCUT2D eigenvalue weighted by Crippen LogP contribution is 2.35. The number of aromatic nitrogens is 2. The van der Waals surface area contributed by atoms with Gasteiger partial charge in [-0.05, 0) is 30.0 Å². The van der Waals surface area contributed by atoms with Crippen molar-refractivity contribution >= 4 is 21.1 Å². The topological polar surface area (TPSA) is 66.1 Å². The molecule has 0 aliphatic carbocycles. The van der Waals surface area contributed by atoms with Crippen LogP contribution in [0.25, 0.3) is 11.0 Å². The molecule has 1 N–H and O–H groups in total. The summed E-state index contributed by atoms with van der Waals surface area (Å²) in [4.78, 5) is 7.48. The Hall–Kier alpha value is -2.18. The van der Waals surface area contributed by atoms with Crippen molar-refractivity contribution in [2.45, 2.75) is 24.2 Å². The van der Waals surface area contributed by atoms with Gasteiger partial charge in [-0.25, -0.2) is 13.4 Å². The lowest BCUT2D eigenvalue weighted by Crippen LogP contribution is -2.42. The SMILES string of the molecule is CC1CCN(S(=O)(=O)c2c[nH]c3ncccc23)CC1c1ccccc1. The van der Waals surface area contributed by atoms with Crippen molar-refractivity contribution in [2.24, 2.45) is 5.92 Å². The zero-order chi connectivity index (χ0) is 17.4. The van der Waals surface area contributed by atoms with Gasteiger partial charge < -0.3 is 4.98 Å². The molecule has 4 rings (SSSR count). The average molecular weight is 355 g/mol. The Morgan fingerprint density at radius 3 is 2.76 bits per heavy atom. The molecule has 2 aromatic heterocycles. The Morgan fingerprint density at radius 2 is 1.96 bits per heavy atom. The van der Waals surface area contributed by atoms with Crippen LogP contribution in [0.5, 0.6) is 0 Å². The summed E-state index contributed by atoms with van der Waals surface area (Å²) in [5, 5.41) is 0.650. The highest BCUT2D eigenvalue weighted by atomic mass is 32.2. The first-order valence-electron chi connectivity index (χ1n) is 8.54. The van der Waals surface area contributed by atoms with Crippen molar-refractivity contribution in [1.29, 1.82) is 0 Å². The molecule has 1 aliphatic heterocycles. The highest BCUT2D eigenvalue weighted by Gasteiger charge is 2.35. The molecule has 0 spiro atoms. The van der Waals surface area contributed by atoms with Crippen LogP contribution in [-0.4, -0.2) is 35.8 Å². The molecular weight excluding hydrogens is 334 g/mol. The molecule has 3 aromatic rings. The summed E-state index contributed by atoms with van der Waals surface area (Å²) in [5.74, 6) is 0.673. The maximum atomic E-state index is 13.2. The van der Waals surface area contributed by atoms with E-state index in [0.29, 0.717) is 34.9 Å². The molecule has 1 fully saturated rings. The largest absolute Gasteiger partial charge is 0.345 e. The van der Waals surface area contributed by atoms with E-state index in [2.05, 4.69) is 29.0 Å². The van der Waals surface area contributed by atoms with Gasteiger partial charge in [0.25, 0.3) is 0 Å². The predicted octanol–water partition coefficient (Wildman–Crippen LogP) is 3.38. The van der Waals surface area contributed by atoms with Gasteiger partial charge in [0.15, 0.2) is 0 Å². The maximum Gasteiger partial charge on any atom is 0.245 e. The smallest absolute Gasteiger partial charge is 0.245 e. The van der Waals surface area contributed by atoms with Gasteiger partial charge >= 0.3 is 0 Å². The average Bonchev–Trinajstić information content (AvgIpc) is 3.07. The minimum atomic E-state index is -3.55. The number of hydrogen-bond acceptors (Lipinski definition) is 3. The number of fused-ring (bicyclic) bond motifs is 1. The van der Waals surface area contributed by atoms with Gasteiger partial charge in [-0.2, -0.15) is 4.31 Å². The molecule has 1 saturated heterocycles. The molecule has 130 valence electrons. The molecule has 1 aliphatic rings. The van der Waals surface area contributed by atoms with Crippen molar-refractivity contribution in [3.8, 4) is 0 Å². The van der Waals surface area contributed by atoms with Crippen LogP contribution < -0.4 is 0 Å². The van der Waals surface area contributed by atoms with Crippen LogP contribution in [0.3, 0.4) is 0 Å². The zero-order valence-electron chi connectivity index (χ0n) is 14.1. The van der Waals surface area contributed by atoms with Gasteiger partial charge in [-0.3, -0.25) is 0 Å². The summed E-state index contributed by atoms with van der Waals surface area (Å²) < 4.78 is 28.1. The van der Waals surface area contributed by atoms with Gasteiger partial charge in [0.2, 0.25) is 10.0 Å². The van der Waals surface area contributed by atoms with Crippen molar-refractivity contribution in [3.63, 3.8) is 0 Å². The first kappa shape index (κ1) is 16.3. The summed E-state index contributed by atoms with van der Waals surface area (Å²) in [6.45, 7) is 3.28. The standard InChI is InChI=1S/C19H21N3O2S/c1-14-9-11-22(13-17(14)15-6-3-2-4-7-15)25(23,24)18-12-21-19-16(18)8-5-10-20-19/h2-8,10,12,14,17H,9,11,13H2,1H3,(H,20,21). The molecule has 25 heavy (non-hydrogen) atoms. The van der Waals surface area contributed by atoms with Gasteiger partial charge in [0.1, 0.15) is 10.5 Å². The Kier molecular flexibility index (Phi) is 4.09. The fourth-order valence-corrected chi connectivity index (χ4v) is 5.31. The number of aromatic amines is 1. The predicted molar refractivity (Wildman–Crippen MR) is 97.8 cm³/mol. The van der Waals surface area contributed by atoms with Crippen molar-refractivity contribution < 1.29 is 8.42 Å². The van der Waals surface area contributed by atoms with E-state index >= 15 is 0 Å². The third kappa shape index (κ3) is 2.85. The normalized spacial score (nSPS) is 22.3. The Labute approximate surface area is 147 Å². The second-order valence-corrected chi connectivity index (χ2v) is 8.61. The summed E-state index contributed by atoms with van der Waals surface area (Å²) >= 11 is 0. The molecule has 0 bridgehead atoms. The number of rotatable bonds is 3. The zero-order valence-corrected chi connectivity index (χ0v) is 14.9. The number of benzene rings is 1. The van der Waals surface area contributed by atoms with E-state index < -0.39 is 10.0 Å². The van der Waals surface area contributed by atoms with Crippen molar-refractivity contribution in [1.82, 2.24) is 14.3 Å². The lowest BCUT2D eigenvalue weighted by Gasteiger charge is -2.36. The first-order chi connectivity index (χ1) is 12.1. The third-order valence-electron chi connectivity index (χ3n) is 5.18. The van der Waals surface area contributed by atoms with Gasteiger partial charge in [0.05, 0.1) is 0 Å². The molecular formula is C19H21N3O2S. The minimum absolute atomic E-state index is 0.216. The number of piperidine rings is 1. The number of nitrogens with zero attached hydrogens (tertiary/aromatic N) is 2. The summed E-state index contributed by atoms with van der Waals surface area (Å²) in [6.07, 6.45) is 4.07. The van der Waals surface area contributed by atoms with E-state index in [0.717, 1.165) is 6.42 Å². The van der Waals surface area contributed by atoms with Gasteiger partial charge in [-0.1, -0.05) is 37.3 Å². The lowest BCUT2D eigenvalue weighted by atomic mass is 9.83. The van der Waals surface area contributed by atoms with Crippen LogP contribution in [0.2, 0.25) is 0 Å². The minimum Gasteiger partial charge on any atom is -0.345 e. The number of pyridine rings is 1. The molecule has 0 amide bonds. The molecule has 3 heterocycles. The van der Waals surface area contributed by atoms with E-state index in [1.807, 2.05) is 18.2 Å². The van der Waals surface area contributed by atoms with E-state index in [-0.39, 0.29) is 5.92 Å². The first-order valence-corrected chi connectivity index (χ1v) is 9.98. The molecule has 6 heteroatoms. The molecule has 0 saturated carbocycles. The summed E-state index contributed by atoms with van der Waals surface area (Å²) in [7, 11) is -3.55. The lowest BCUT2D eigenvalue weighted by molar-refractivity contribution is 0.251. The van der Waals surface area contributed by atoms with Crippen LogP contribution in [0.4, 0.5) is 0 Å². The maximum absolute atomic E-state index is 13.2. The number of H-pyrrole nitrogens is 1. The Morgan fingerprint density at radius 1 is 1.16 bits per heavy atom. The quantitative estimate of drug-likeness (QED) is 0.783. The second kappa shape index (κ2) is 6.28. The van der Waals surface area contributed by atoms with Gasteiger partial charge in [0, 0.05) is 36.8 Å². The number of sulfonamides is 1. The van der Waals surface area contributed by atoms with Crippen LogP contribution in [0.1, 0.15) is 24.8 Å². The highest BCUT2D eigenvalue weighted by molar-refractivity contribution is 7.89. The molecule has 2 unspecified atom stereocenters. The van der Waals surface area contributed by atoms with E-state index in [1.165, 1.54) is 5.56 Å². The van der Waals surface area contributed by atoms with Crippen molar-refractivity contribution in [2.75, 3.05) is 13.1 Å². The van der Waals surface area contributed by atoms with Crippen LogP contribution in [-0.2, 0) is 10.0 Å². The second-order valence-electron chi connectivity index (χ2n) is 6.70. The Bertz CT molecular complexity index is 982. The summed E-state index contributed by atoms with van der Waals surface area (Å²) in [5.41, 5.74) is 1.81.